The second kappa shape index (κ2) is 11.1. The molecule has 9 nitrogen and oxygen atoms in total. The van der Waals surface area contributed by atoms with Crippen LogP contribution in [0.2, 0.25) is 0 Å². The minimum atomic E-state index is -0.172. The molecular weight excluding hydrogens is 500 g/mol. The third-order valence-corrected chi connectivity index (χ3v) is 7.08. The molecule has 2 aromatic carbocycles. The Balaban J connectivity index is 1.31. The normalized spacial score (nSPS) is 14.3. The molecular formula is C31H30N8O. The molecule has 4 heterocycles. The van der Waals surface area contributed by atoms with Crippen LogP contribution in [0.25, 0.3) is 39.5 Å². The molecule has 6 rings (SSSR count). The van der Waals surface area contributed by atoms with E-state index in [4.69, 9.17) is 15.7 Å². The molecule has 1 aliphatic heterocycles. The molecule has 0 radical (unpaired) electrons. The first-order valence-corrected chi connectivity index (χ1v) is 13.2. The Kier molecular flexibility index (Phi) is 7.05. The van der Waals surface area contributed by atoms with Gasteiger partial charge in [-0.05, 0) is 48.0 Å². The molecule has 3 N–H and O–H groups in total. The number of amides is 1. The lowest BCUT2D eigenvalue weighted by molar-refractivity contribution is -0.122. The van der Waals surface area contributed by atoms with Crippen molar-refractivity contribution in [3.8, 4) is 28.3 Å². The van der Waals surface area contributed by atoms with Gasteiger partial charge in [-0.1, -0.05) is 49.0 Å². The van der Waals surface area contributed by atoms with Gasteiger partial charge in [0.2, 0.25) is 0 Å². The fourth-order valence-electron chi connectivity index (χ4n) is 4.99. The number of nitrogens with two attached hydrogens (primary N) is 1. The Bertz CT molecular complexity index is 1650. The Morgan fingerprint density at radius 2 is 1.70 bits per heavy atom. The molecule has 0 bridgehead atoms. The van der Waals surface area contributed by atoms with Crippen molar-refractivity contribution in [2.24, 2.45) is 0 Å². The Labute approximate surface area is 232 Å². The summed E-state index contributed by atoms with van der Waals surface area (Å²) < 4.78 is 2.06. The number of carbonyl (C=O) groups excluding carboxylic acids is 1. The Hall–Kier alpha value is -4.86. The van der Waals surface area contributed by atoms with Crippen LogP contribution >= 0.6 is 0 Å². The highest BCUT2D eigenvalue weighted by atomic mass is 16.2. The molecule has 9 heteroatoms. The molecule has 40 heavy (non-hydrogen) atoms. The van der Waals surface area contributed by atoms with E-state index >= 15 is 0 Å². The summed E-state index contributed by atoms with van der Waals surface area (Å²) in [6.45, 7) is 7.60. The maximum atomic E-state index is 11.6. The third-order valence-electron chi connectivity index (χ3n) is 7.08. The molecule has 0 unspecified atom stereocenters. The quantitative estimate of drug-likeness (QED) is 0.306. The predicted octanol–water partition coefficient (Wildman–Crippen LogP) is 4.07. The fourth-order valence-corrected chi connectivity index (χ4v) is 4.99. The zero-order chi connectivity index (χ0) is 27.5. The zero-order valence-corrected chi connectivity index (χ0v) is 22.1. The molecule has 0 atom stereocenters. The predicted molar refractivity (Wildman–Crippen MR) is 157 cm³/mol. The van der Waals surface area contributed by atoms with E-state index in [1.807, 2.05) is 47.5 Å². The van der Waals surface area contributed by atoms with Crippen LogP contribution in [0.3, 0.4) is 0 Å². The fraction of sp³-hybridized carbons (Fsp3) is 0.161. The number of benzene rings is 2. The largest absolute Gasteiger partial charge is 0.383 e. The molecule has 1 amide bonds. The first-order chi connectivity index (χ1) is 19.6. The van der Waals surface area contributed by atoms with Crippen LogP contribution in [0.4, 0.5) is 5.82 Å². The van der Waals surface area contributed by atoms with Gasteiger partial charge in [0.05, 0.1) is 11.3 Å². The van der Waals surface area contributed by atoms with Gasteiger partial charge >= 0.3 is 0 Å². The van der Waals surface area contributed by atoms with Crippen molar-refractivity contribution in [3.05, 3.63) is 103 Å². The number of imidazole rings is 1. The number of nitrogens with zero attached hydrogens (tertiary/aromatic N) is 6. The third kappa shape index (κ3) is 5.20. The van der Waals surface area contributed by atoms with Gasteiger partial charge in [-0.3, -0.25) is 19.7 Å². The van der Waals surface area contributed by atoms with Crippen molar-refractivity contribution < 1.29 is 4.79 Å². The Morgan fingerprint density at radius 1 is 0.925 bits per heavy atom. The molecule has 3 aromatic heterocycles. The SMILES string of the molecule is C=CC(=O)NN1CCN(Cc2ccc(-n3c(-c4cccnc4N)nc4ccc(-c5ccccc5)nc43)cc2)CC1. The Morgan fingerprint density at radius 3 is 2.42 bits per heavy atom. The monoisotopic (exact) mass is 530 g/mol. The van der Waals surface area contributed by atoms with Gasteiger partial charge in [0.1, 0.15) is 11.3 Å². The van der Waals surface area contributed by atoms with E-state index in [9.17, 15) is 4.79 Å². The van der Waals surface area contributed by atoms with E-state index in [2.05, 4.69) is 62.9 Å². The minimum absolute atomic E-state index is 0.172. The summed E-state index contributed by atoms with van der Waals surface area (Å²) in [5, 5.41) is 1.94. The van der Waals surface area contributed by atoms with Crippen molar-refractivity contribution >= 4 is 22.9 Å². The highest BCUT2D eigenvalue weighted by Gasteiger charge is 2.20. The number of hydrazine groups is 1. The molecule has 0 aliphatic carbocycles. The standard InChI is InChI=1S/C31H30N8O/c1-2-28(40)36-38-19-17-37(18-20-38)21-22-10-12-24(13-11-22)39-30(25-9-6-16-33-29(25)32)35-27-15-14-26(34-31(27)39)23-7-4-3-5-8-23/h2-16H,1,17-21H2,(H2,32,33)(H,36,40). The summed E-state index contributed by atoms with van der Waals surface area (Å²) in [5.74, 6) is 0.944. The average molecular weight is 531 g/mol. The number of nitrogen functional groups attached to an aromatic ring is 1. The van der Waals surface area contributed by atoms with Crippen LogP contribution in [-0.4, -0.2) is 61.5 Å². The van der Waals surface area contributed by atoms with Crippen molar-refractivity contribution in [3.63, 3.8) is 0 Å². The topological polar surface area (TPSA) is 105 Å². The highest BCUT2D eigenvalue weighted by Crippen LogP contribution is 2.31. The summed E-state index contributed by atoms with van der Waals surface area (Å²) in [5.41, 5.74) is 15.5. The maximum absolute atomic E-state index is 11.6. The van der Waals surface area contributed by atoms with Gasteiger partial charge in [-0.2, -0.15) is 0 Å². The molecule has 200 valence electrons. The van der Waals surface area contributed by atoms with E-state index in [1.165, 1.54) is 11.6 Å². The molecule has 1 saturated heterocycles. The number of aromatic nitrogens is 4. The van der Waals surface area contributed by atoms with Crippen molar-refractivity contribution in [1.82, 2.24) is 34.9 Å². The van der Waals surface area contributed by atoms with Crippen LogP contribution in [-0.2, 0) is 11.3 Å². The number of nitrogens with one attached hydrogen (secondary N) is 1. The molecule has 5 aromatic rings. The zero-order valence-electron chi connectivity index (χ0n) is 22.1. The van der Waals surface area contributed by atoms with Gasteiger partial charge in [0.25, 0.3) is 5.91 Å². The second-order valence-electron chi connectivity index (χ2n) is 9.72. The number of hydrogen-bond acceptors (Lipinski definition) is 7. The lowest BCUT2D eigenvalue weighted by Gasteiger charge is -2.34. The second-order valence-corrected chi connectivity index (χ2v) is 9.72. The number of rotatable bonds is 7. The van der Waals surface area contributed by atoms with Crippen LogP contribution in [0.5, 0.6) is 0 Å². The molecule has 1 fully saturated rings. The van der Waals surface area contributed by atoms with E-state index in [1.54, 1.807) is 6.20 Å². The van der Waals surface area contributed by atoms with E-state index in [-0.39, 0.29) is 5.91 Å². The number of pyridine rings is 2. The molecule has 0 saturated carbocycles. The van der Waals surface area contributed by atoms with E-state index in [0.29, 0.717) is 11.6 Å². The van der Waals surface area contributed by atoms with Gasteiger partial charge in [0.15, 0.2) is 11.5 Å². The number of hydrogen-bond donors (Lipinski definition) is 2. The van der Waals surface area contributed by atoms with E-state index in [0.717, 1.165) is 66.4 Å². The number of anilines is 1. The number of fused-ring (bicyclic) bond motifs is 1. The number of carbonyl (C=O) groups is 1. The van der Waals surface area contributed by atoms with Crippen LogP contribution < -0.4 is 11.2 Å². The minimum Gasteiger partial charge on any atom is -0.383 e. The lowest BCUT2D eigenvalue weighted by Crippen LogP contribution is -2.52. The summed E-state index contributed by atoms with van der Waals surface area (Å²) in [7, 11) is 0. The first kappa shape index (κ1) is 25.4. The van der Waals surface area contributed by atoms with Crippen molar-refractivity contribution in [2.75, 3.05) is 31.9 Å². The molecule has 1 aliphatic rings. The average Bonchev–Trinajstić information content (AvgIpc) is 3.37. The van der Waals surface area contributed by atoms with Gasteiger partial charge in [-0.15, -0.1) is 0 Å². The lowest BCUT2D eigenvalue weighted by atomic mass is 10.1. The van der Waals surface area contributed by atoms with Crippen LogP contribution in [0.15, 0.2) is 97.7 Å². The summed E-state index contributed by atoms with van der Waals surface area (Å²) in [4.78, 5) is 28.2. The summed E-state index contributed by atoms with van der Waals surface area (Å²) >= 11 is 0. The highest BCUT2D eigenvalue weighted by molar-refractivity contribution is 5.86. The van der Waals surface area contributed by atoms with E-state index < -0.39 is 0 Å². The van der Waals surface area contributed by atoms with Gasteiger partial charge in [-0.25, -0.2) is 20.0 Å². The number of piperazine rings is 1. The summed E-state index contributed by atoms with van der Waals surface area (Å²) in [6, 6.07) is 26.4. The molecule has 0 spiro atoms. The smallest absolute Gasteiger partial charge is 0.257 e. The van der Waals surface area contributed by atoms with Crippen LogP contribution in [0.1, 0.15) is 5.56 Å². The van der Waals surface area contributed by atoms with Crippen molar-refractivity contribution in [2.45, 2.75) is 6.54 Å². The van der Waals surface area contributed by atoms with Gasteiger partial charge < -0.3 is 5.73 Å². The van der Waals surface area contributed by atoms with Crippen LogP contribution in [0, 0.1) is 0 Å². The van der Waals surface area contributed by atoms with Crippen molar-refractivity contribution in [1.29, 1.82) is 0 Å². The summed E-state index contributed by atoms with van der Waals surface area (Å²) in [6.07, 6.45) is 2.98. The first-order valence-electron chi connectivity index (χ1n) is 13.2. The van der Waals surface area contributed by atoms with Gasteiger partial charge in [0, 0.05) is 50.2 Å². The maximum Gasteiger partial charge on any atom is 0.257 e.